The number of primary sulfonamides is 1. The number of anilines is 2. The van der Waals surface area contributed by atoms with Gasteiger partial charge < -0.3 is 14.5 Å². The first-order valence-electron chi connectivity index (χ1n) is 12.4. The summed E-state index contributed by atoms with van der Waals surface area (Å²) in [5.41, 5.74) is 2.05. The number of allylic oxidation sites excluding steroid dienone is 2. The minimum Gasteiger partial charge on any atom is -0.493 e. The van der Waals surface area contributed by atoms with Crippen LogP contribution in [-0.2, 0) is 14.8 Å². The first kappa shape index (κ1) is 26.6. The molecule has 0 radical (unpaired) electrons. The molecular weight excluding hydrogens is 520 g/mol. The van der Waals surface area contributed by atoms with Crippen LogP contribution in [0.25, 0.3) is 0 Å². The third-order valence-corrected chi connectivity index (χ3v) is 8.10. The molecule has 1 aromatic heterocycles. The molecule has 1 unspecified atom stereocenters. The van der Waals surface area contributed by atoms with Crippen molar-refractivity contribution in [2.45, 2.75) is 44.4 Å². The van der Waals surface area contributed by atoms with Gasteiger partial charge in [0, 0.05) is 29.3 Å². The van der Waals surface area contributed by atoms with Gasteiger partial charge in [-0.05, 0) is 60.7 Å². The number of rotatable bonds is 5. The van der Waals surface area contributed by atoms with Crippen LogP contribution >= 0.6 is 0 Å². The lowest BCUT2D eigenvalue weighted by Gasteiger charge is -2.44. The van der Waals surface area contributed by atoms with Crippen molar-refractivity contribution in [3.63, 3.8) is 0 Å². The standard InChI is InChI=1S/C28H30N4O6S/c1-15-30-26-25(27(34)31-15)23(16-6-11-21(37-4)22(12-16)38-5)24-19(13-28(2,3)14-20(24)33)32(26)17-7-9-18(10-8-17)39(29,35)36/h6-12,23H,13-14H2,1-5H3,(H2,29,35,36)(H,30,31,34). The number of fused-ring (bicyclic) bond motifs is 1. The van der Waals surface area contributed by atoms with Crippen molar-refractivity contribution in [1.82, 2.24) is 9.97 Å². The fraction of sp³-hybridized carbons (Fsp3) is 0.321. The maximum Gasteiger partial charge on any atom is 0.257 e. The topological polar surface area (TPSA) is 145 Å². The van der Waals surface area contributed by atoms with E-state index in [2.05, 4.69) is 4.98 Å². The van der Waals surface area contributed by atoms with Gasteiger partial charge in [-0.15, -0.1) is 0 Å². The lowest BCUT2D eigenvalue weighted by Crippen LogP contribution is -2.41. The van der Waals surface area contributed by atoms with E-state index in [9.17, 15) is 18.0 Å². The number of benzene rings is 2. The normalized spacial score (nSPS) is 18.5. The van der Waals surface area contributed by atoms with Crippen LogP contribution in [0.3, 0.4) is 0 Å². The molecule has 204 valence electrons. The van der Waals surface area contributed by atoms with E-state index in [0.29, 0.717) is 64.1 Å². The van der Waals surface area contributed by atoms with E-state index in [0.717, 1.165) is 0 Å². The SMILES string of the molecule is COc1ccc(C2C3=C(CC(C)(C)CC3=O)N(c3ccc(S(N)(=O)=O)cc3)c3nc(C)[nH]c(=O)c32)cc1OC. The molecule has 2 aromatic carbocycles. The lowest BCUT2D eigenvalue weighted by atomic mass is 9.68. The number of sulfonamides is 1. The number of carbonyl (C=O) groups excluding carboxylic acids is 1. The van der Waals surface area contributed by atoms with Crippen molar-refractivity contribution in [1.29, 1.82) is 0 Å². The number of aromatic nitrogens is 2. The van der Waals surface area contributed by atoms with E-state index in [1.54, 1.807) is 36.1 Å². The summed E-state index contributed by atoms with van der Waals surface area (Å²) in [7, 11) is -0.843. The first-order chi connectivity index (χ1) is 18.3. The van der Waals surface area contributed by atoms with Crippen molar-refractivity contribution in [2.75, 3.05) is 19.1 Å². The van der Waals surface area contributed by atoms with Gasteiger partial charge in [-0.3, -0.25) is 14.5 Å². The second kappa shape index (κ2) is 9.35. The number of hydrogen-bond donors (Lipinski definition) is 2. The number of hydrogen-bond acceptors (Lipinski definition) is 8. The first-order valence-corrected chi connectivity index (χ1v) is 13.9. The number of carbonyl (C=O) groups is 1. The molecule has 0 bridgehead atoms. The summed E-state index contributed by atoms with van der Waals surface area (Å²) in [5, 5.41) is 5.32. The van der Waals surface area contributed by atoms with Crippen molar-refractivity contribution in [2.24, 2.45) is 10.6 Å². The van der Waals surface area contributed by atoms with Gasteiger partial charge in [0.05, 0.1) is 24.7 Å². The van der Waals surface area contributed by atoms with E-state index in [1.165, 1.54) is 26.4 Å². The summed E-state index contributed by atoms with van der Waals surface area (Å²) in [6.45, 7) is 5.73. The second-order valence-electron chi connectivity index (χ2n) is 10.6. The highest BCUT2D eigenvalue weighted by Gasteiger charge is 2.46. The molecule has 3 N–H and O–H groups in total. The summed E-state index contributed by atoms with van der Waals surface area (Å²) < 4.78 is 34.7. The Morgan fingerprint density at radius 2 is 1.69 bits per heavy atom. The van der Waals surface area contributed by atoms with Crippen molar-refractivity contribution in [3.05, 3.63) is 81.0 Å². The minimum atomic E-state index is -3.91. The summed E-state index contributed by atoms with van der Waals surface area (Å²) >= 11 is 0. The van der Waals surface area contributed by atoms with Gasteiger partial charge in [0.15, 0.2) is 17.3 Å². The van der Waals surface area contributed by atoms with E-state index >= 15 is 0 Å². The van der Waals surface area contributed by atoms with Gasteiger partial charge >= 0.3 is 0 Å². The Balaban J connectivity index is 1.84. The predicted octanol–water partition coefficient (Wildman–Crippen LogP) is 3.67. The highest BCUT2D eigenvalue weighted by atomic mass is 32.2. The number of ketones is 1. The van der Waals surface area contributed by atoms with Gasteiger partial charge in [0.25, 0.3) is 5.56 Å². The average molecular weight is 551 g/mol. The summed E-state index contributed by atoms with van der Waals surface area (Å²) in [6.07, 6.45) is 0.835. The number of ether oxygens (including phenoxy) is 2. The molecule has 10 nitrogen and oxygen atoms in total. The molecule has 2 heterocycles. The molecule has 0 fully saturated rings. The number of nitrogens with two attached hydrogens (primary N) is 1. The van der Waals surface area contributed by atoms with Gasteiger partial charge in [-0.1, -0.05) is 19.9 Å². The Hall–Kier alpha value is -3.96. The number of aromatic amines is 1. The van der Waals surface area contributed by atoms with Gasteiger partial charge in [-0.25, -0.2) is 18.5 Å². The molecule has 3 aromatic rings. The summed E-state index contributed by atoms with van der Waals surface area (Å²) in [5.74, 6) is 1.01. The number of aryl methyl sites for hydroxylation is 1. The maximum absolute atomic E-state index is 13.9. The molecule has 1 aliphatic carbocycles. The number of nitrogens with zero attached hydrogens (tertiary/aromatic N) is 2. The van der Waals surface area contributed by atoms with Gasteiger partial charge in [0.1, 0.15) is 11.6 Å². The Morgan fingerprint density at radius 3 is 2.31 bits per heavy atom. The molecule has 5 rings (SSSR count). The summed E-state index contributed by atoms with van der Waals surface area (Å²) in [4.78, 5) is 36.8. The molecular formula is C28H30N4O6S. The Labute approximate surface area is 226 Å². The molecule has 0 amide bonds. The number of nitrogens with one attached hydrogen (secondary N) is 1. The number of Topliss-reactive ketones (excluding diaryl/α,β-unsaturated/α-hetero) is 1. The second-order valence-corrected chi connectivity index (χ2v) is 12.2. The van der Waals surface area contributed by atoms with E-state index in [-0.39, 0.29) is 21.7 Å². The van der Waals surface area contributed by atoms with Crippen LogP contribution in [-0.4, -0.2) is 38.4 Å². The van der Waals surface area contributed by atoms with Crippen LogP contribution in [0.4, 0.5) is 11.5 Å². The van der Waals surface area contributed by atoms with Crippen molar-refractivity contribution < 1.29 is 22.7 Å². The van der Waals surface area contributed by atoms with Gasteiger partial charge in [-0.2, -0.15) is 0 Å². The molecule has 1 atom stereocenters. The smallest absolute Gasteiger partial charge is 0.257 e. The number of methoxy groups -OCH3 is 2. The zero-order valence-electron chi connectivity index (χ0n) is 22.4. The monoisotopic (exact) mass is 550 g/mol. The third-order valence-electron chi connectivity index (χ3n) is 7.17. The lowest BCUT2D eigenvalue weighted by molar-refractivity contribution is -0.118. The Bertz CT molecular complexity index is 1690. The molecule has 0 spiro atoms. The quantitative estimate of drug-likeness (QED) is 0.490. The zero-order chi connectivity index (χ0) is 28.3. The van der Waals surface area contributed by atoms with Crippen LogP contribution in [0.5, 0.6) is 11.5 Å². The van der Waals surface area contributed by atoms with Crippen molar-refractivity contribution >= 4 is 27.3 Å². The van der Waals surface area contributed by atoms with Crippen LogP contribution in [0.2, 0.25) is 0 Å². The van der Waals surface area contributed by atoms with Crippen LogP contribution < -0.4 is 25.1 Å². The largest absolute Gasteiger partial charge is 0.493 e. The molecule has 11 heteroatoms. The van der Waals surface area contributed by atoms with Crippen LogP contribution in [0.15, 0.2) is 63.4 Å². The highest BCUT2D eigenvalue weighted by Crippen LogP contribution is 2.52. The molecule has 0 saturated heterocycles. The van der Waals surface area contributed by atoms with E-state index in [4.69, 9.17) is 19.6 Å². The van der Waals surface area contributed by atoms with E-state index in [1.807, 2.05) is 19.9 Å². The van der Waals surface area contributed by atoms with E-state index < -0.39 is 15.9 Å². The Morgan fingerprint density at radius 1 is 1.03 bits per heavy atom. The Kier molecular flexibility index (Phi) is 6.39. The van der Waals surface area contributed by atoms with Gasteiger partial charge in [0.2, 0.25) is 10.0 Å². The molecule has 39 heavy (non-hydrogen) atoms. The molecule has 1 aliphatic heterocycles. The summed E-state index contributed by atoms with van der Waals surface area (Å²) in [6, 6.07) is 11.4. The minimum absolute atomic E-state index is 0.0454. The molecule has 0 saturated carbocycles. The number of H-pyrrole nitrogens is 1. The highest BCUT2D eigenvalue weighted by molar-refractivity contribution is 7.89. The predicted molar refractivity (Wildman–Crippen MR) is 146 cm³/mol. The van der Waals surface area contributed by atoms with Crippen molar-refractivity contribution in [3.8, 4) is 11.5 Å². The fourth-order valence-electron chi connectivity index (χ4n) is 5.54. The van der Waals surface area contributed by atoms with Crippen LogP contribution in [0.1, 0.15) is 49.6 Å². The average Bonchev–Trinajstić information content (AvgIpc) is 2.85. The third kappa shape index (κ3) is 4.61. The zero-order valence-corrected chi connectivity index (χ0v) is 23.2. The fourth-order valence-corrected chi connectivity index (χ4v) is 6.06. The van der Waals surface area contributed by atoms with Crippen LogP contribution in [0, 0.1) is 12.3 Å². The maximum atomic E-state index is 13.9. The molecule has 2 aliphatic rings.